The van der Waals surface area contributed by atoms with Crippen molar-refractivity contribution in [1.82, 2.24) is 24.7 Å². The van der Waals surface area contributed by atoms with Crippen LogP contribution in [0.25, 0.3) is 0 Å². The Morgan fingerprint density at radius 3 is 2.40 bits per heavy atom. The normalized spacial score (nSPS) is 17.6. The van der Waals surface area contributed by atoms with Gasteiger partial charge in [0.2, 0.25) is 5.60 Å². The van der Waals surface area contributed by atoms with E-state index in [0.29, 0.717) is 45.3 Å². The van der Waals surface area contributed by atoms with Crippen molar-refractivity contribution >= 4 is 12.1 Å². The topological polar surface area (TPSA) is 95.2 Å². The number of imidazole rings is 1. The number of halogens is 3. The quantitative estimate of drug-likeness (QED) is 0.518. The van der Waals surface area contributed by atoms with Gasteiger partial charge < -0.3 is 29.5 Å². The SMILES string of the molecule is CCNC(=NCCC(O)(c1nccn1C)C(F)(F)F)N1CCN(C(=O)OCC)CC1. The summed E-state index contributed by atoms with van der Waals surface area (Å²) in [5.41, 5.74) is -3.10. The summed E-state index contributed by atoms with van der Waals surface area (Å²) in [7, 11) is 1.40. The van der Waals surface area contributed by atoms with E-state index in [-0.39, 0.29) is 12.6 Å². The lowest BCUT2D eigenvalue weighted by Crippen LogP contribution is -2.54. The first-order valence-corrected chi connectivity index (χ1v) is 9.85. The van der Waals surface area contributed by atoms with Gasteiger partial charge in [-0.3, -0.25) is 4.99 Å². The fourth-order valence-corrected chi connectivity index (χ4v) is 3.21. The van der Waals surface area contributed by atoms with Crippen LogP contribution in [0.3, 0.4) is 0 Å². The van der Waals surface area contributed by atoms with Crippen LogP contribution in [0.1, 0.15) is 26.1 Å². The molecule has 30 heavy (non-hydrogen) atoms. The number of carbonyl (C=O) groups is 1. The van der Waals surface area contributed by atoms with Crippen LogP contribution in [0.15, 0.2) is 17.4 Å². The molecule has 1 aromatic heterocycles. The van der Waals surface area contributed by atoms with E-state index in [9.17, 15) is 23.1 Å². The lowest BCUT2D eigenvalue weighted by atomic mass is 9.98. The third-order valence-electron chi connectivity index (χ3n) is 4.84. The predicted molar refractivity (Wildman–Crippen MR) is 104 cm³/mol. The number of aliphatic imine (C=N–C) groups is 1. The molecule has 1 atom stereocenters. The lowest BCUT2D eigenvalue weighted by Gasteiger charge is -2.36. The number of hydrogen-bond acceptors (Lipinski definition) is 5. The zero-order chi connectivity index (χ0) is 22.4. The number of nitrogens with zero attached hydrogens (tertiary/aromatic N) is 5. The summed E-state index contributed by atoms with van der Waals surface area (Å²) in [6.07, 6.45) is -3.39. The van der Waals surface area contributed by atoms with Crippen molar-refractivity contribution in [1.29, 1.82) is 0 Å². The third kappa shape index (κ3) is 5.35. The van der Waals surface area contributed by atoms with Crippen LogP contribution in [0.2, 0.25) is 0 Å². The van der Waals surface area contributed by atoms with Gasteiger partial charge in [-0.15, -0.1) is 0 Å². The number of amides is 1. The molecule has 1 aromatic rings. The zero-order valence-electron chi connectivity index (χ0n) is 17.4. The number of carbonyl (C=O) groups excluding carboxylic acids is 1. The van der Waals surface area contributed by atoms with Gasteiger partial charge in [0, 0.05) is 65.1 Å². The molecule has 2 N–H and O–H groups in total. The predicted octanol–water partition coefficient (Wildman–Crippen LogP) is 1.30. The summed E-state index contributed by atoms with van der Waals surface area (Å²) in [5, 5.41) is 13.5. The Kier molecular flexibility index (Phi) is 7.93. The number of hydrogen-bond donors (Lipinski definition) is 2. The highest BCUT2D eigenvalue weighted by atomic mass is 19.4. The van der Waals surface area contributed by atoms with E-state index in [2.05, 4.69) is 15.3 Å². The summed E-state index contributed by atoms with van der Waals surface area (Å²) < 4.78 is 47.0. The van der Waals surface area contributed by atoms with E-state index in [1.54, 1.807) is 11.8 Å². The Hall–Kier alpha value is -2.50. The number of nitrogens with one attached hydrogen (secondary N) is 1. The van der Waals surface area contributed by atoms with E-state index in [1.807, 2.05) is 11.8 Å². The highest BCUT2D eigenvalue weighted by molar-refractivity contribution is 5.80. The van der Waals surface area contributed by atoms with Gasteiger partial charge >= 0.3 is 12.3 Å². The van der Waals surface area contributed by atoms with Crippen LogP contribution in [0.5, 0.6) is 0 Å². The van der Waals surface area contributed by atoms with Crippen molar-refractivity contribution in [2.75, 3.05) is 45.9 Å². The molecule has 1 aliphatic heterocycles. The molecule has 1 aliphatic rings. The average molecular weight is 434 g/mol. The Morgan fingerprint density at radius 2 is 1.90 bits per heavy atom. The van der Waals surface area contributed by atoms with Crippen molar-refractivity contribution < 1.29 is 27.8 Å². The van der Waals surface area contributed by atoms with Crippen molar-refractivity contribution in [3.8, 4) is 0 Å². The molecule has 12 heteroatoms. The highest BCUT2D eigenvalue weighted by Crippen LogP contribution is 2.40. The van der Waals surface area contributed by atoms with Gasteiger partial charge in [0.25, 0.3) is 0 Å². The van der Waals surface area contributed by atoms with Crippen LogP contribution < -0.4 is 5.32 Å². The van der Waals surface area contributed by atoms with E-state index in [0.717, 1.165) is 4.57 Å². The number of guanidine groups is 1. The van der Waals surface area contributed by atoms with Crippen molar-refractivity contribution in [2.45, 2.75) is 32.0 Å². The molecule has 1 saturated heterocycles. The maximum absolute atomic E-state index is 13.6. The summed E-state index contributed by atoms with van der Waals surface area (Å²) in [6.45, 7) is 5.92. The van der Waals surface area contributed by atoms with Crippen molar-refractivity contribution in [3.05, 3.63) is 18.2 Å². The standard InChI is InChI=1S/C18H29F3N6O3/c1-4-22-15(26-10-12-27(13-11-26)16(28)30-5-2)24-7-6-17(29,18(19,20)21)14-23-8-9-25(14)3/h8-9,29H,4-7,10-13H2,1-3H3,(H,22,24). The molecular formula is C18H29F3N6O3. The lowest BCUT2D eigenvalue weighted by molar-refractivity contribution is -0.272. The Labute approximate surface area is 173 Å². The maximum atomic E-state index is 13.6. The van der Waals surface area contributed by atoms with E-state index in [1.165, 1.54) is 19.4 Å². The molecule has 0 saturated carbocycles. The van der Waals surface area contributed by atoms with Gasteiger partial charge in [-0.1, -0.05) is 0 Å². The van der Waals surface area contributed by atoms with Crippen LogP contribution in [0, 0.1) is 0 Å². The average Bonchev–Trinajstić information content (AvgIpc) is 3.13. The molecule has 2 heterocycles. The number of ether oxygens (including phenoxy) is 1. The Bertz CT molecular complexity index is 731. The van der Waals surface area contributed by atoms with Crippen LogP contribution in [-0.2, 0) is 17.4 Å². The monoisotopic (exact) mass is 434 g/mol. The smallest absolute Gasteiger partial charge is 0.424 e. The molecule has 0 spiro atoms. The second kappa shape index (κ2) is 10.0. The Morgan fingerprint density at radius 1 is 1.27 bits per heavy atom. The summed E-state index contributed by atoms with van der Waals surface area (Å²) in [4.78, 5) is 23.2. The minimum Gasteiger partial charge on any atom is -0.450 e. The van der Waals surface area contributed by atoms with Crippen molar-refractivity contribution in [2.24, 2.45) is 12.0 Å². The van der Waals surface area contributed by atoms with Gasteiger partial charge in [-0.25, -0.2) is 9.78 Å². The third-order valence-corrected chi connectivity index (χ3v) is 4.84. The molecule has 1 fully saturated rings. The molecule has 0 radical (unpaired) electrons. The molecule has 0 aromatic carbocycles. The molecule has 0 aliphatic carbocycles. The maximum Gasteiger partial charge on any atom is 0.424 e. The van der Waals surface area contributed by atoms with Gasteiger partial charge in [-0.05, 0) is 13.8 Å². The summed E-state index contributed by atoms with van der Waals surface area (Å²) in [5.74, 6) is -0.0383. The van der Waals surface area contributed by atoms with Gasteiger partial charge in [0.15, 0.2) is 5.96 Å². The Balaban J connectivity index is 2.07. The van der Waals surface area contributed by atoms with E-state index >= 15 is 0 Å². The molecule has 170 valence electrons. The van der Waals surface area contributed by atoms with Crippen molar-refractivity contribution in [3.63, 3.8) is 0 Å². The van der Waals surface area contributed by atoms with Crippen LogP contribution in [0.4, 0.5) is 18.0 Å². The van der Waals surface area contributed by atoms with E-state index < -0.39 is 24.0 Å². The van der Waals surface area contributed by atoms with Gasteiger partial charge in [0.05, 0.1) is 6.61 Å². The van der Waals surface area contributed by atoms with Gasteiger partial charge in [0.1, 0.15) is 5.82 Å². The zero-order valence-corrected chi connectivity index (χ0v) is 17.4. The first kappa shape index (κ1) is 23.8. The second-order valence-electron chi connectivity index (χ2n) is 6.88. The fraction of sp³-hybridized carbons (Fsp3) is 0.722. The fourth-order valence-electron chi connectivity index (χ4n) is 3.21. The number of piperazine rings is 1. The number of alkyl halides is 3. The highest BCUT2D eigenvalue weighted by Gasteiger charge is 2.57. The molecule has 1 unspecified atom stereocenters. The molecule has 0 bridgehead atoms. The van der Waals surface area contributed by atoms with Crippen LogP contribution in [-0.4, -0.2) is 88.6 Å². The minimum absolute atomic E-state index is 0.261. The molecule has 1 amide bonds. The first-order valence-electron chi connectivity index (χ1n) is 9.85. The first-order chi connectivity index (χ1) is 14.1. The van der Waals surface area contributed by atoms with Crippen LogP contribution >= 0.6 is 0 Å². The minimum atomic E-state index is -4.90. The molecular weight excluding hydrogens is 405 g/mol. The number of aryl methyl sites for hydroxylation is 1. The molecule has 2 rings (SSSR count). The molecule has 9 nitrogen and oxygen atoms in total. The second-order valence-corrected chi connectivity index (χ2v) is 6.88. The number of rotatable bonds is 6. The van der Waals surface area contributed by atoms with E-state index in [4.69, 9.17) is 4.74 Å². The largest absolute Gasteiger partial charge is 0.450 e. The number of aromatic nitrogens is 2. The summed E-state index contributed by atoms with van der Waals surface area (Å²) >= 11 is 0. The number of aliphatic hydroxyl groups is 1. The summed E-state index contributed by atoms with van der Waals surface area (Å²) in [6, 6.07) is 0. The van der Waals surface area contributed by atoms with Gasteiger partial charge in [-0.2, -0.15) is 13.2 Å².